The summed E-state index contributed by atoms with van der Waals surface area (Å²) in [4.78, 5) is 36.9. The Kier molecular flexibility index (Phi) is 37.0. The molecule has 0 aromatic rings. The third-order valence-electron chi connectivity index (χ3n) is 10.7. The first-order valence-corrected chi connectivity index (χ1v) is 23.1. The minimum atomic E-state index is -1.12. The number of aliphatic carboxylic acids is 1. The average Bonchev–Trinajstić information content (AvgIpc) is 3.12. The van der Waals surface area contributed by atoms with Crippen LogP contribution in [0.5, 0.6) is 0 Å². The number of hydrogen-bond acceptors (Lipinski definition) is 7. The summed E-state index contributed by atoms with van der Waals surface area (Å²) in [6.07, 6.45) is 38.3. The molecule has 2 atom stereocenters. The van der Waals surface area contributed by atoms with Crippen molar-refractivity contribution in [2.24, 2.45) is 0 Å². The minimum Gasteiger partial charge on any atom is -0.544 e. The Morgan fingerprint density at radius 2 is 0.815 bits per heavy atom. The first kappa shape index (κ1) is 52.3. The van der Waals surface area contributed by atoms with E-state index in [0.717, 1.165) is 38.5 Å². The molecule has 0 aliphatic rings. The van der Waals surface area contributed by atoms with Crippen molar-refractivity contribution in [3.63, 3.8) is 0 Å². The highest BCUT2D eigenvalue weighted by Gasteiger charge is 2.25. The van der Waals surface area contributed by atoms with Crippen LogP contribution in [0.2, 0.25) is 0 Å². The molecule has 8 heteroatoms. The van der Waals surface area contributed by atoms with Gasteiger partial charge < -0.3 is 28.6 Å². The largest absolute Gasteiger partial charge is 0.544 e. The van der Waals surface area contributed by atoms with Crippen LogP contribution >= 0.6 is 0 Å². The maximum atomic E-state index is 12.7. The number of nitrogens with zero attached hydrogens (tertiary/aromatic N) is 1. The molecule has 0 heterocycles. The molecule has 0 amide bonds. The predicted octanol–water partition coefficient (Wildman–Crippen LogP) is 11.2. The SMILES string of the molecule is CCCCCCCCCCCCCCCCCC(=O)OCC(COCCC(C(=O)[O-])[N+](C)(C)C)OC(=O)CCCCCCCCCCCCCCCCC. The Morgan fingerprint density at radius 3 is 1.15 bits per heavy atom. The van der Waals surface area contributed by atoms with E-state index in [1.165, 1.54) is 154 Å². The quantitative estimate of drug-likeness (QED) is 0.0346. The first-order valence-electron chi connectivity index (χ1n) is 23.1. The van der Waals surface area contributed by atoms with Crippen LogP contribution in [0.1, 0.15) is 226 Å². The zero-order valence-corrected chi connectivity index (χ0v) is 36.4. The number of rotatable bonds is 42. The first-order chi connectivity index (χ1) is 26.1. The summed E-state index contributed by atoms with van der Waals surface area (Å²) < 4.78 is 17.2. The highest BCUT2D eigenvalue weighted by atomic mass is 16.6. The Hall–Kier alpha value is -1.67. The smallest absolute Gasteiger partial charge is 0.306 e. The summed E-state index contributed by atoms with van der Waals surface area (Å²) >= 11 is 0. The number of esters is 2. The van der Waals surface area contributed by atoms with Gasteiger partial charge in [0.25, 0.3) is 0 Å². The molecule has 0 radical (unpaired) electrons. The Labute approximate surface area is 334 Å². The summed E-state index contributed by atoms with van der Waals surface area (Å²) in [6, 6.07) is -0.719. The molecule has 2 unspecified atom stereocenters. The number of carboxylic acids is 1. The predicted molar refractivity (Wildman–Crippen MR) is 222 cm³/mol. The van der Waals surface area contributed by atoms with Crippen molar-refractivity contribution in [1.82, 2.24) is 0 Å². The number of hydrogen-bond donors (Lipinski definition) is 0. The molecule has 0 saturated heterocycles. The number of carboxylic acid groups (broad SMARTS) is 1. The Bertz CT molecular complexity index is 858. The molecule has 0 saturated carbocycles. The van der Waals surface area contributed by atoms with E-state index in [4.69, 9.17) is 14.2 Å². The van der Waals surface area contributed by atoms with Crippen LogP contribution in [0.25, 0.3) is 0 Å². The van der Waals surface area contributed by atoms with E-state index in [1.54, 1.807) is 21.1 Å². The molecule has 8 nitrogen and oxygen atoms in total. The summed E-state index contributed by atoms with van der Waals surface area (Å²) in [5.74, 6) is -1.71. The number of ether oxygens (including phenoxy) is 3. The molecule has 0 rings (SSSR count). The number of unbranched alkanes of at least 4 members (excludes halogenated alkanes) is 28. The van der Waals surface area contributed by atoms with Crippen molar-refractivity contribution >= 4 is 17.9 Å². The van der Waals surface area contributed by atoms with Gasteiger partial charge in [-0.2, -0.15) is 0 Å². The van der Waals surface area contributed by atoms with E-state index in [0.29, 0.717) is 12.8 Å². The highest BCUT2D eigenvalue weighted by molar-refractivity contribution is 5.70. The third kappa shape index (κ3) is 36.0. The van der Waals surface area contributed by atoms with Crippen molar-refractivity contribution in [1.29, 1.82) is 0 Å². The van der Waals surface area contributed by atoms with Crippen LogP contribution < -0.4 is 5.11 Å². The van der Waals surface area contributed by atoms with Crippen molar-refractivity contribution in [2.75, 3.05) is 41.0 Å². The van der Waals surface area contributed by atoms with Crippen LogP contribution in [0.15, 0.2) is 0 Å². The van der Waals surface area contributed by atoms with Gasteiger partial charge in [-0.05, 0) is 12.8 Å². The fourth-order valence-electron chi connectivity index (χ4n) is 7.13. The van der Waals surface area contributed by atoms with Gasteiger partial charge in [0.1, 0.15) is 12.6 Å². The zero-order valence-electron chi connectivity index (χ0n) is 36.4. The maximum Gasteiger partial charge on any atom is 0.306 e. The molecule has 0 aromatic heterocycles. The van der Waals surface area contributed by atoms with E-state index in [9.17, 15) is 19.5 Å². The molecule has 0 aliphatic heterocycles. The van der Waals surface area contributed by atoms with Crippen molar-refractivity contribution in [2.45, 2.75) is 238 Å². The monoisotopic (exact) mass is 768 g/mol. The standard InChI is InChI=1S/C46H89NO7/c1-6-8-10-12-14-16-18-20-22-24-26-28-30-32-34-36-44(48)53-41-42(40-52-39-38-43(46(50)51)47(3,4)5)54-45(49)37-35-33-31-29-27-25-23-21-19-17-15-13-11-9-7-2/h42-43H,6-41H2,1-5H3. The lowest BCUT2D eigenvalue weighted by Crippen LogP contribution is -2.55. The lowest BCUT2D eigenvalue weighted by atomic mass is 10.0. The average molecular weight is 768 g/mol. The van der Waals surface area contributed by atoms with Gasteiger partial charge in [-0.15, -0.1) is 0 Å². The van der Waals surface area contributed by atoms with E-state index in [-0.39, 0.29) is 42.7 Å². The topological polar surface area (TPSA) is 102 Å². The van der Waals surface area contributed by atoms with E-state index < -0.39 is 18.1 Å². The summed E-state index contributed by atoms with van der Waals surface area (Å²) in [6.45, 7) is 4.70. The van der Waals surface area contributed by atoms with Crippen LogP contribution in [0.3, 0.4) is 0 Å². The molecule has 320 valence electrons. The van der Waals surface area contributed by atoms with Gasteiger partial charge in [0.15, 0.2) is 6.10 Å². The second-order valence-electron chi connectivity index (χ2n) is 17.0. The molecule has 0 spiro atoms. The Morgan fingerprint density at radius 1 is 0.481 bits per heavy atom. The van der Waals surface area contributed by atoms with Gasteiger partial charge in [0.05, 0.1) is 40.3 Å². The molecular weight excluding hydrogens is 679 g/mol. The Balaban J connectivity index is 4.27. The van der Waals surface area contributed by atoms with Gasteiger partial charge in [0, 0.05) is 19.3 Å². The minimum absolute atomic E-state index is 0.0494. The van der Waals surface area contributed by atoms with E-state index in [1.807, 2.05) is 0 Å². The molecule has 0 bridgehead atoms. The lowest BCUT2D eigenvalue weighted by molar-refractivity contribution is -0.889. The molecular formula is C46H89NO7. The summed E-state index contributed by atoms with van der Waals surface area (Å²) in [5.41, 5.74) is 0. The normalized spacial score (nSPS) is 12.8. The molecule has 0 aliphatic carbocycles. The molecule has 0 aromatic carbocycles. The number of likely N-dealkylation sites (N-methyl/N-ethyl adjacent to an activating group) is 1. The molecule has 0 N–H and O–H groups in total. The van der Waals surface area contributed by atoms with Crippen LogP contribution in [0.4, 0.5) is 0 Å². The van der Waals surface area contributed by atoms with Gasteiger partial charge in [-0.3, -0.25) is 9.59 Å². The van der Waals surface area contributed by atoms with Crippen LogP contribution in [-0.2, 0) is 28.6 Å². The fraction of sp³-hybridized carbons (Fsp3) is 0.935. The van der Waals surface area contributed by atoms with Gasteiger partial charge >= 0.3 is 11.9 Å². The molecule has 54 heavy (non-hydrogen) atoms. The second kappa shape index (κ2) is 38.2. The van der Waals surface area contributed by atoms with Crippen LogP contribution in [-0.4, -0.2) is 75.5 Å². The summed E-state index contributed by atoms with van der Waals surface area (Å²) in [7, 11) is 5.42. The fourth-order valence-corrected chi connectivity index (χ4v) is 7.13. The van der Waals surface area contributed by atoms with Gasteiger partial charge in [-0.25, -0.2) is 0 Å². The molecule has 0 fully saturated rings. The van der Waals surface area contributed by atoms with Crippen molar-refractivity contribution in [3.05, 3.63) is 0 Å². The number of carbonyl (C=O) groups excluding carboxylic acids is 3. The summed E-state index contributed by atoms with van der Waals surface area (Å²) in [5, 5.41) is 11.6. The van der Waals surface area contributed by atoms with Gasteiger partial charge in [-0.1, -0.05) is 194 Å². The van der Waals surface area contributed by atoms with Crippen molar-refractivity contribution < 1.29 is 38.2 Å². The van der Waals surface area contributed by atoms with E-state index >= 15 is 0 Å². The highest BCUT2D eigenvalue weighted by Crippen LogP contribution is 2.16. The lowest BCUT2D eigenvalue weighted by Gasteiger charge is -2.34. The number of carbonyl (C=O) groups is 3. The zero-order chi connectivity index (χ0) is 40.0. The van der Waals surface area contributed by atoms with Crippen LogP contribution in [0, 0.1) is 0 Å². The maximum absolute atomic E-state index is 12.7. The van der Waals surface area contributed by atoms with Gasteiger partial charge in [0.2, 0.25) is 0 Å². The third-order valence-corrected chi connectivity index (χ3v) is 10.7. The second-order valence-corrected chi connectivity index (χ2v) is 17.0. The van der Waals surface area contributed by atoms with E-state index in [2.05, 4.69) is 13.8 Å². The van der Waals surface area contributed by atoms with Crippen molar-refractivity contribution in [3.8, 4) is 0 Å². The number of quaternary nitrogens is 1.